The molecule has 0 fully saturated rings. The van der Waals surface area contributed by atoms with Crippen molar-refractivity contribution < 1.29 is 9.18 Å². The molecule has 2 rings (SSSR count). The van der Waals surface area contributed by atoms with Gasteiger partial charge in [0.1, 0.15) is 5.82 Å². The maximum Gasteiger partial charge on any atom is 0.241 e. The van der Waals surface area contributed by atoms with Gasteiger partial charge in [0.2, 0.25) is 5.91 Å². The van der Waals surface area contributed by atoms with E-state index in [0.717, 1.165) is 17.0 Å². The number of amides is 1. The Morgan fingerprint density at radius 1 is 1.38 bits per heavy atom. The molecule has 21 heavy (non-hydrogen) atoms. The molecule has 0 saturated carbocycles. The van der Waals surface area contributed by atoms with Crippen molar-refractivity contribution in [3.63, 3.8) is 0 Å². The third-order valence-corrected chi connectivity index (χ3v) is 2.93. The van der Waals surface area contributed by atoms with Crippen LogP contribution in [0.25, 0.3) is 0 Å². The average Bonchev–Trinajstić information content (AvgIpc) is 2.77. The van der Waals surface area contributed by atoms with Crippen LogP contribution in [0.15, 0.2) is 35.4 Å². The first kappa shape index (κ1) is 14.9. The number of nitrogens with one attached hydrogen (secondary N) is 1. The molecule has 0 atom stereocenters. The maximum absolute atomic E-state index is 12.7. The smallest absolute Gasteiger partial charge is 0.241 e. The lowest BCUT2D eigenvalue weighted by molar-refractivity contribution is -0.121. The molecule has 0 unspecified atom stereocenters. The van der Waals surface area contributed by atoms with Crippen LogP contribution in [-0.4, -0.2) is 21.9 Å². The summed E-state index contributed by atoms with van der Waals surface area (Å²) >= 11 is 0. The largest absolute Gasteiger partial charge is 0.273 e. The second-order valence-corrected chi connectivity index (χ2v) is 4.74. The predicted octanol–water partition coefficient (Wildman–Crippen LogP) is 2.18. The van der Waals surface area contributed by atoms with E-state index in [1.807, 2.05) is 19.9 Å². The molecule has 0 bridgehead atoms. The first-order valence-corrected chi connectivity index (χ1v) is 6.63. The lowest BCUT2D eigenvalue weighted by Gasteiger charge is -2.03. The molecular weight excluding hydrogens is 271 g/mol. The van der Waals surface area contributed by atoms with E-state index in [0.29, 0.717) is 13.0 Å². The van der Waals surface area contributed by atoms with Gasteiger partial charge in [-0.3, -0.25) is 9.48 Å². The molecule has 1 aromatic heterocycles. The lowest BCUT2D eigenvalue weighted by atomic mass is 10.2. The summed E-state index contributed by atoms with van der Waals surface area (Å²) in [4.78, 5) is 11.7. The van der Waals surface area contributed by atoms with Gasteiger partial charge < -0.3 is 0 Å². The number of nitrogens with zero attached hydrogens (tertiary/aromatic N) is 3. The van der Waals surface area contributed by atoms with E-state index in [1.165, 1.54) is 18.3 Å². The zero-order chi connectivity index (χ0) is 15.2. The average molecular weight is 288 g/mol. The molecule has 1 heterocycles. The van der Waals surface area contributed by atoms with E-state index in [4.69, 9.17) is 0 Å². The summed E-state index contributed by atoms with van der Waals surface area (Å²) in [6.45, 7) is 4.37. The normalized spacial score (nSPS) is 11.0. The minimum Gasteiger partial charge on any atom is -0.273 e. The zero-order valence-electron chi connectivity index (χ0n) is 12.0. The van der Waals surface area contributed by atoms with Crippen molar-refractivity contribution in [1.29, 1.82) is 0 Å². The molecule has 1 N–H and O–H groups in total. The SMILES string of the molecule is Cc1cc(C)n(CCC(=O)NN=Cc2ccc(F)cc2)n1. The summed E-state index contributed by atoms with van der Waals surface area (Å²) in [5, 5.41) is 8.12. The van der Waals surface area contributed by atoms with Crippen LogP contribution in [0.2, 0.25) is 0 Å². The molecule has 5 nitrogen and oxygen atoms in total. The second-order valence-electron chi connectivity index (χ2n) is 4.74. The van der Waals surface area contributed by atoms with Crippen molar-refractivity contribution in [2.75, 3.05) is 0 Å². The van der Waals surface area contributed by atoms with Gasteiger partial charge >= 0.3 is 0 Å². The molecule has 0 radical (unpaired) electrons. The number of hydrogen-bond donors (Lipinski definition) is 1. The Labute approximate surface area is 122 Å². The number of rotatable bonds is 5. The van der Waals surface area contributed by atoms with Gasteiger partial charge in [0.25, 0.3) is 0 Å². The van der Waals surface area contributed by atoms with Gasteiger partial charge in [0.05, 0.1) is 18.5 Å². The van der Waals surface area contributed by atoms with Crippen molar-refractivity contribution in [1.82, 2.24) is 15.2 Å². The third kappa shape index (κ3) is 4.52. The van der Waals surface area contributed by atoms with Crippen LogP contribution in [0.1, 0.15) is 23.4 Å². The number of carbonyl (C=O) groups is 1. The van der Waals surface area contributed by atoms with Crippen LogP contribution in [0.5, 0.6) is 0 Å². The fourth-order valence-corrected chi connectivity index (χ4v) is 1.89. The van der Waals surface area contributed by atoms with Crippen molar-refractivity contribution in [3.8, 4) is 0 Å². The molecule has 0 aliphatic carbocycles. The van der Waals surface area contributed by atoms with E-state index in [-0.39, 0.29) is 11.7 Å². The first-order chi connectivity index (χ1) is 10.0. The summed E-state index contributed by atoms with van der Waals surface area (Å²) in [5.74, 6) is -0.498. The molecule has 1 amide bonds. The molecular formula is C15H17FN4O. The predicted molar refractivity (Wildman–Crippen MR) is 78.5 cm³/mol. The number of benzene rings is 1. The van der Waals surface area contributed by atoms with Gasteiger partial charge in [0.15, 0.2) is 0 Å². The summed E-state index contributed by atoms with van der Waals surface area (Å²) in [5.41, 5.74) is 5.11. The Bertz CT molecular complexity index is 646. The van der Waals surface area contributed by atoms with Crippen LogP contribution < -0.4 is 5.43 Å². The van der Waals surface area contributed by atoms with E-state index < -0.39 is 0 Å². The molecule has 0 saturated heterocycles. The zero-order valence-corrected chi connectivity index (χ0v) is 12.0. The van der Waals surface area contributed by atoms with Crippen molar-refractivity contribution >= 4 is 12.1 Å². The highest BCUT2D eigenvalue weighted by molar-refractivity contribution is 5.82. The summed E-state index contributed by atoms with van der Waals surface area (Å²) in [7, 11) is 0. The van der Waals surface area contributed by atoms with Crippen LogP contribution in [0, 0.1) is 19.7 Å². The standard InChI is InChI=1S/C15H17FN4O/c1-11-9-12(2)20(19-11)8-7-15(21)18-17-10-13-3-5-14(16)6-4-13/h3-6,9-10H,7-8H2,1-2H3,(H,18,21). The van der Waals surface area contributed by atoms with E-state index >= 15 is 0 Å². The van der Waals surface area contributed by atoms with Crippen LogP contribution in [0.3, 0.4) is 0 Å². The highest BCUT2D eigenvalue weighted by atomic mass is 19.1. The van der Waals surface area contributed by atoms with Crippen LogP contribution >= 0.6 is 0 Å². The molecule has 1 aromatic carbocycles. The molecule has 0 aliphatic rings. The second kappa shape index (κ2) is 6.78. The number of aromatic nitrogens is 2. The first-order valence-electron chi connectivity index (χ1n) is 6.63. The fourth-order valence-electron chi connectivity index (χ4n) is 1.89. The third-order valence-electron chi connectivity index (χ3n) is 2.93. The Hall–Kier alpha value is -2.50. The summed E-state index contributed by atoms with van der Waals surface area (Å²) in [6, 6.07) is 7.81. The molecule has 6 heteroatoms. The van der Waals surface area contributed by atoms with Crippen molar-refractivity contribution in [3.05, 3.63) is 53.1 Å². The number of aryl methyl sites for hydroxylation is 3. The monoisotopic (exact) mass is 288 g/mol. The van der Waals surface area contributed by atoms with Gasteiger partial charge in [-0.25, -0.2) is 9.82 Å². The summed E-state index contributed by atoms with van der Waals surface area (Å²) in [6.07, 6.45) is 1.77. The van der Waals surface area contributed by atoms with E-state index in [2.05, 4.69) is 15.6 Å². The van der Waals surface area contributed by atoms with Gasteiger partial charge in [0, 0.05) is 12.1 Å². The Morgan fingerprint density at radius 2 is 2.10 bits per heavy atom. The Kier molecular flexibility index (Phi) is 4.81. The van der Waals surface area contributed by atoms with Crippen molar-refractivity contribution in [2.45, 2.75) is 26.8 Å². The van der Waals surface area contributed by atoms with Gasteiger partial charge in [-0.2, -0.15) is 10.2 Å². The van der Waals surface area contributed by atoms with Crippen molar-refractivity contribution in [2.24, 2.45) is 5.10 Å². The maximum atomic E-state index is 12.7. The highest BCUT2D eigenvalue weighted by Gasteiger charge is 2.04. The molecule has 2 aromatic rings. The van der Waals surface area contributed by atoms with E-state index in [1.54, 1.807) is 16.8 Å². The van der Waals surface area contributed by atoms with Gasteiger partial charge in [-0.05, 0) is 37.6 Å². The molecule has 110 valence electrons. The minimum absolute atomic E-state index is 0.194. The fraction of sp³-hybridized carbons (Fsp3) is 0.267. The molecule has 0 aliphatic heterocycles. The Balaban J connectivity index is 1.79. The van der Waals surface area contributed by atoms with Crippen LogP contribution in [-0.2, 0) is 11.3 Å². The van der Waals surface area contributed by atoms with Gasteiger partial charge in [-0.15, -0.1) is 0 Å². The number of hydrazone groups is 1. The minimum atomic E-state index is -0.305. The number of carbonyl (C=O) groups excluding carboxylic acids is 1. The lowest BCUT2D eigenvalue weighted by Crippen LogP contribution is -2.20. The van der Waals surface area contributed by atoms with E-state index in [9.17, 15) is 9.18 Å². The Morgan fingerprint density at radius 3 is 2.71 bits per heavy atom. The quantitative estimate of drug-likeness (QED) is 0.677. The number of halogens is 1. The molecule has 0 spiro atoms. The topological polar surface area (TPSA) is 59.3 Å². The van der Waals surface area contributed by atoms with Crippen LogP contribution in [0.4, 0.5) is 4.39 Å². The summed E-state index contributed by atoms with van der Waals surface area (Å²) < 4.78 is 14.5. The number of hydrogen-bond acceptors (Lipinski definition) is 3. The highest BCUT2D eigenvalue weighted by Crippen LogP contribution is 2.02. The van der Waals surface area contributed by atoms with Gasteiger partial charge in [-0.1, -0.05) is 12.1 Å².